The molecule has 1 N–H and O–H groups in total. The van der Waals surface area contributed by atoms with Crippen molar-refractivity contribution in [2.75, 3.05) is 40.8 Å². The average molecular weight is 376 g/mol. The van der Waals surface area contributed by atoms with Gasteiger partial charge in [-0.05, 0) is 44.5 Å². The average Bonchev–Trinajstić information content (AvgIpc) is 2.55. The minimum Gasteiger partial charge on any atom is -0.319 e. The molecule has 1 aliphatic heterocycles. The summed E-state index contributed by atoms with van der Waals surface area (Å²) in [5, 5.41) is 3.11. The van der Waals surface area contributed by atoms with Crippen LogP contribution in [-0.2, 0) is 20.0 Å². The highest BCUT2D eigenvalue weighted by Gasteiger charge is 2.34. The Morgan fingerprint density at radius 3 is 2.12 bits per heavy atom. The van der Waals surface area contributed by atoms with E-state index in [0.717, 1.165) is 23.7 Å². The van der Waals surface area contributed by atoms with Crippen LogP contribution in [0, 0.1) is 5.92 Å². The van der Waals surface area contributed by atoms with Crippen molar-refractivity contribution in [2.45, 2.75) is 22.6 Å². The summed E-state index contributed by atoms with van der Waals surface area (Å²) in [6.45, 7) is 1.68. The van der Waals surface area contributed by atoms with Gasteiger partial charge in [-0.2, -0.15) is 4.31 Å². The number of nitrogens with zero attached hydrogens (tertiary/aromatic N) is 2. The molecule has 136 valence electrons. The summed E-state index contributed by atoms with van der Waals surface area (Å²) in [6.07, 6.45) is 1.53. The topological polar surface area (TPSA) is 86.8 Å². The molecule has 0 bridgehead atoms. The number of sulfonamides is 2. The van der Waals surface area contributed by atoms with Crippen molar-refractivity contribution in [1.29, 1.82) is 0 Å². The summed E-state index contributed by atoms with van der Waals surface area (Å²) in [4.78, 5) is -0.321. The Morgan fingerprint density at radius 2 is 1.62 bits per heavy atom. The van der Waals surface area contributed by atoms with E-state index in [-0.39, 0.29) is 9.79 Å². The van der Waals surface area contributed by atoms with Gasteiger partial charge in [-0.15, -0.1) is 0 Å². The van der Waals surface area contributed by atoms with Crippen LogP contribution < -0.4 is 5.32 Å². The Labute approximate surface area is 144 Å². The van der Waals surface area contributed by atoms with Crippen LogP contribution in [0.1, 0.15) is 12.8 Å². The second-order valence-electron chi connectivity index (χ2n) is 6.14. The maximum atomic E-state index is 13.0. The number of hydrogen-bond donors (Lipinski definition) is 1. The van der Waals surface area contributed by atoms with E-state index in [9.17, 15) is 16.8 Å². The monoisotopic (exact) mass is 375 g/mol. The molecule has 1 fully saturated rings. The maximum absolute atomic E-state index is 13.0. The van der Waals surface area contributed by atoms with Crippen LogP contribution in [0.3, 0.4) is 0 Å². The van der Waals surface area contributed by atoms with Gasteiger partial charge < -0.3 is 5.32 Å². The lowest BCUT2D eigenvalue weighted by Gasteiger charge is -2.31. The molecule has 0 saturated carbocycles. The van der Waals surface area contributed by atoms with Crippen molar-refractivity contribution in [3.8, 4) is 0 Å². The van der Waals surface area contributed by atoms with Gasteiger partial charge in [-0.1, -0.05) is 12.1 Å². The lowest BCUT2D eigenvalue weighted by Crippen LogP contribution is -2.41. The highest BCUT2D eigenvalue weighted by Crippen LogP contribution is 2.28. The molecule has 24 heavy (non-hydrogen) atoms. The highest BCUT2D eigenvalue weighted by molar-refractivity contribution is 7.92. The lowest BCUT2D eigenvalue weighted by molar-refractivity contribution is 0.270. The molecule has 1 saturated heterocycles. The molecule has 1 aromatic carbocycles. The van der Waals surface area contributed by atoms with Gasteiger partial charge >= 0.3 is 0 Å². The van der Waals surface area contributed by atoms with Crippen LogP contribution in [0.5, 0.6) is 0 Å². The van der Waals surface area contributed by atoms with Gasteiger partial charge in [0, 0.05) is 27.2 Å². The van der Waals surface area contributed by atoms with Crippen molar-refractivity contribution in [3.05, 3.63) is 24.3 Å². The van der Waals surface area contributed by atoms with Crippen LogP contribution in [0.4, 0.5) is 0 Å². The van der Waals surface area contributed by atoms with Crippen LogP contribution in [0.25, 0.3) is 0 Å². The summed E-state index contributed by atoms with van der Waals surface area (Å²) in [5.41, 5.74) is 0. The fourth-order valence-electron chi connectivity index (χ4n) is 2.85. The SMILES string of the molecule is CNCC1CCN(S(=O)(=O)c2ccccc2S(=O)(=O)N(C)C)CC1. The van der Waals surface area contributed by atoms with E-state index in [0.29, 0.717) is 19.0 Å². The minimum absolute atomic E-state index is 0.147. The molecule has 0 aliphatic carbocycles. The number of nitrogens with one attached hydrogen (secondary N) is 1. The zero-order chi connectivity index (χ0) is 18.0. The largest absolute Gasteiger partial charge is 0.319 e. The van der Waals surface area contributed by atoms with Crippen molar-refractivity contribution >= 4 is 20.0 Å². The van der Waals surface area contributed by atoms with E-state index < -0.39 is 20.0 Å². The van der Waals surface area contributed by atoms with Crippen molar-refractivity contribution in [2.24, 2.45) is 5.92 Å². The maximum Gasteiger partial charge on any atom is 0.244 e. The first-order chi connectivity index (χ1) is 11.2. The fraction of sp³-hybridized carbons (Fsp3) is 0.600. The first-order valence-electron chi connectivity index (χ1n) is 7.87. The molecule has 0 aromatic heterocycles. The Morgan fingerprint density at radius 1 is 1.08 bits per heavy atom. The first-order valence-corrected chi connectivity index (χ1v) is 10.8. The predicted octanol–water partition coefficient (Wildman–Crippen LogP) is 0.557. The molecule has 1 aromatic rings. The second kappa shape index (κ2) is 7.49. The molecular weight excluding hydrogens is 350 g/mol. The number of hydrogen-bond acceptors (Lipinski definition) is 5. The standard InChI is InChI=1S/C15H25N3O4S2/c1-16-12-13-8-10-18(11-9-13)24(21,22)15-7-5-4-6-14(15)23(19,20)17(2)3/h4-7,13,16H,8-12H2,1-3H3. The van der Waals surface area contributed by atoms with Crippen LogP contribution in [0.15, 0.2) is 34.1 Å². The van der Waals surface area contributed by atoms with Crippen LogP contribution >= 0.6 is 0 Å². The summed E-state index contributed by atoms with van der Waals surface area (Å²) in [5.74, 6) is 0.446. The van der Waals surface area contributed by atoms with E-state index in [1.165, 1.54) is 36.6 Å². The third-order valence-electron chi connectivity index (χ3n) is 4.29. The van der Waals surface area contributed by atoms with Crippen LogP contribution in [-0.4, -0.2) is 66.2 Å². The van der Waals surface area contributed by atoms with Crippen molar-refractivity contribution < 1.29 is 16.8 Å². The number of rotatable bonds is 6. The van der Waals surface area contributed by atoms with Crippen molar-refractivity contribution in [3.63, 3.8) is 0 Å². The predicted molar refractivity (Wildman–Crippen MR) is 92.7 cm³/mol. The Hall–Kier alpha value is -1.00. The third-order valence-corrected chi connectivity index (χ3v) is 8.25. The molecule has 2 rings (SSSR count). The number of piperidine rings is 1. The van der Waals surface area contributed by atoms with Crippen molar-refractivity contribution in [1.82, 2.24) is 13.9 Å². The van der Waals surface area contributed by atoms with Gasteiger partial charge in [0.15, 0.2) is 0 Å². The lowest BCUT2D eigenvalue weighted by atomic mass is 9.98. The number of benzene rings is 1. The van der Waals surface area contributed by atoms with Gasteiger partial charge in [-0.25, -0.2) is 21.1 Å². The quantitative estimate of drug-likeness (QED) is 0.785. The normalized spacial score (nSPS) is 18.2. The van der Waals surface area contributed by atoms with Gasteiger partial charge in [0.2, 0.25) is 20.0 Å². The molecule has 0 radical (unpaired) electrons. The molecule has 0 atom stereocenters. The second-order valence-corrected chi connectivity index (χ2v) is 10.2. The fourth-order valence-corrected chi connectivity index (χ4v) is 6.00. The van der Waals surface area contributed by atoms with Gasteiger partial charge in [-0.3, -0.25) is 0 Å². The molecule has 0 amide bonds. The Bertz CT molecular complexity index is 768. The Kier molecular flexibility index (Phi) is 6.03. The molecule has 0 unspecified atom stereocenters. The molecule has 1 aliphatic rings. The Balaban J connectivity index is 2.35. The van der Waals surface area contributed by atoms with Gasteiger partial charge in [0.05, 0.1) is 0 Å². The highest BCUT2D eigenvalue weighted by atomic mass is 32.2. The first kappa shape index (κ1) is 19.3. The zero-order valence-electron chi connectivity index (χ0n) is 14.3. The summed E-state index contributed by atoms with van der Waals surface area (Å²) in [6, 6.07) is 5.80. The van der Waals surface area contributed by atoms with Crippen LogP contribution in [0.2, 0.25) is 0 Å². The summed E-state index contributed by atoms with van der Waals surface area (Å²) >= 11 is 0. The zero-order valence-corrected chi connectivity index (χ0v) is 15.9. The molecule has 0 spiro atoms. The molecule has 9 heteroatoms. The van der Waals surface area contributed by atoms with E-state index in [1.807, 2.05) is 7.05 Å². The summed E-state index contributed by atoms with van der Waals surface area (Å²) < 4.78 is 53.3. The summed E-state index contributed by atoms with van der Waals surface area (Å²) in [7, 11) is -3.01. The molecular formula is C15H25N3O4S2. The minimum atomic E-state index is -3.84. The van der Waals surface area contributed by atoms with Gasteiger partial charge in [0.25, 0.3) is 0 Å². The van der Waals surface area contributed by atoms with E-state index in [2.05, 4.69) is 5.32 Å². The molecule has 7 nitrogen and oxygen atoms in total. The van der Waals surface area contributed by atoms with E-state index in [4.69, 9.17) is 0 Å². The van der Waals surface area contributed by atoms with E-state index in [1.54, 1.807) is 6.07 Å². The molecule has 1 heterocycles. The van der Waals surface area contributed by atoms with E-state index >= 15 is 0 Å². The smallest absolute Gasteiger partial charge is 0.244 e. The van der Waals surface area contributed by atoms with Gasteiger partial charge in [0.1, 0.15) is 9.79 Å². The third kappa shape index (κ3) is 3.80.